The Morgan fingerprint density at radius 2 is 2.25 bits per heavy atom. The summed E-state index contributed by atoms with van der Waals surface area (Å²) >= 11 is 1.61. The van der Waals surface area contributed by atoms with Gasteiger partial charge in [0, 0.05) is 17.1 Å². The van der Waals surface area contributed by atoms with E-state index < -0.39 is 0 Å². The average Bonchev–Trinajstić information content (AvgIpc) is 2.65. The SMILES string of the molecule is Cc1ncc(CC(=O)NC2CCCCC2)s1. The van der Waals surface area contributed by atoms with Crippen LogP contribution in [0.3, 0.4) is 0 Å². The molecule has 1 heterocycles. The summed E-state index contributed by atoms with van der Waals surface area (Å²) in [6.07, 6.45) is 8.42. The Morgan fingerprint density at radius 1 is 1.50 bits per heavy atom. The molecule has 1 aromatic heterocycles. The van der Waals surface area contributed by atoms with Crippen molar-refractivity contribution in [2.45, 2.75) is 51.5 Å². The first-order valence-corrected chi connectivity index (χ1v) is 6.76. The molecule has 0 atom stereocenters. The zero-order valence-electron chi connectivity index (χ0n) is 9.66. The van der Waals surface area contributed by atoms with Crippen LogP contribution in [0.25, 0.3) is 0 Å². The second-order valence-electron chi connectivity index (χ2n) is 4.42. The number of thiazole rings is 1. The van der Waals surface area contributed by atoms with Crippen molar-refractivity contribution in [3.63, 3.8) is 0 Å². The van der Waals surface area contributed by atoms with Gasteiger partial charge in [-0.2, -0.15) is 0 Å². The van der Waals surface area contributed by atoms with E-state index in [1.54, 1.807) is 17.5 Å². The minimum atomic E-state index is 0.149. The van der Waals surface area contributed by atoms with E-state index in [1.807, 2.05) is 6.92 Å². The van der Waals surface area contributed by atoms with E-state index >= 15 is 0 Å². The van der Waals surface area contributed by atoms with Gasteiger partial charge < -0.3 is 5.32 Å². The fraction of sp³-hybridized carbons (Fsp3) is 0.667. The third kappa shape index (κ3) is 3.30. The maximum absolute atomic E-state index is 11.8. The molecule has 1 aliphatic carbocycles. The van der Waals surface area contributed by atoms with Gasteiger partial charge in [-0.1, -0.05) is 19.3 Å². The van der Waals surface area contributed by atoms with Crippen molar-refractivity contribution >= 4 is 17.2 Å². The fourth-order valence-corrected chi connectivity index (χ4v) is 2.96. The van der Waals surface area contributed by atoms with Crippen molar-refractivity contribution in [3.8, 4) is 0 Å². The van der Waals surface area contributed by atoms with Crippen LogP contribution < -0.4 is 5.32 Å². The molecule has 1 amide bonds. The van der Waals surface area contributed by atoms with Gasteiger partial charge in [0.1, 0.15) is 0 Å². The molecule has 1 aliphatic rings. The van der Waals surface area contributed by atoms with E-state index in [2.05, 4.69) is 10.3 Å². The van der Waals surface area contributed by atoms with Crippen LogP contribution in [-0.4, -0.2) is 16.9 Å². The molecular formula is C12H18N2OS. The summed E-state index contributed by atoms with van der Waals surface area (Å²) < 4.78 is 0. The number of aryl methyl sites for hydroxylation is 1. The summed E-state index contributed by atoms with van der Waals surface area (Å²) in [5, 5.41) is 4.14. The maximum Gasteiger partial charge on any atom is 0.225 e. The topological polar surface area (TPSA) is 42.0 Å². The van der Waals surface area contributed by atoms with Crippen LogP contribution in [0.5, 0.6) is 0 Å². The van der Waals surface area contributed by atoms with Crippen molar-refractivity contribution in [3.05, 3.63) is 16.1 Å². The Kier molecular flexibility index (Phi) is 3.93. The molecule has 2 rings (SSSR count). The number of rotatable bonds is 3. The lowest BCUT2D eigenvalue weighted by Crippen LogP contribution is -2.36. The molecule has 0 saturated heterocycles. The van der Waals surface area contributed by atoms with Gasteiger partial charge in [0.05, 0.1) is 11.4 Å². The standard InChI is InChI=1S/C12H18N2OS/c1-9-13-8-11(16-9)7-12(15)14-10-5-3-2-4-6-10/h8,10H,2-7H2,1H3,(H,14,15). The monoisotopic (exact) mass is 238 g/mol. The molecule has 0 radical (unpaired) electrons. The van der Waals surface area contributed by atoms with Gasteiger partial charge in [0.2, 0.25) is 5.91 Å². The van der Waals surface area contributed by atoms with Gasteiger partial charge in [0.25, 0.3) is 0 Å². The molecule has 16 heavy (non-hydrogen) atoms. The number of amides is 1. The smallest absolute Gasteiger partial charge is 0.225 e. The number of nitrogens with one attached hydrogen (secondary N) is 1. The molecule has 0 unspecified atom stereocenters. The van der Waals surface area contributed by atoms with Gasteiger partial charge >= 0.3 is 0 Å². The van der Waals surface area contributed by atoms with E-state index in [9.17, 15) is 4.79 Å². The molecule has 1 aromatic rings. The second-order valence-corrected chi connectivity index (χ2v) is 5.74. The number of hydrogen-bond donors (Lipinski definition) is 1. The summed E-state index contributed by atoms with van der Waals surface area (Å²) in [4.78, 5) is 17.0. The highest BCUT2D eigenvalue weighted by molar-refractivity contribution is 7.11. The molecule has 1 saturated carbocycles. The lowest BCUT2D eigenvalue weighted by molar-refractivity contribution is -0.121. The van der Waals surface area contributed by atoms with Crippen LogP contribution in [0.2, 0.25) is 0 Å². The van der Waals surface area contributed by atoms with Gasteiger partial charge in [-0.15, -0.1) is 11.3 Å². The lowest BCUT2D eigenvalue weighted by atomic mass is 9.95. The minimum absolute atomic E-state index is 0.149. The summed E-state index contributed by atoms with van der Waals surface area (Å²) in [6, 6.07) is 0.412. The normalized spacial score (nSPS) is 17.3. The Labute approximate surface area is 100 Å². The van der Waals surface area contributed by atoms with E-state index in [0.717, 1.165) is 22.7 Å². The summed E-state index contributed by atoms with van der Waals surface area (Å²) in [5.41, 5.74) is 0. The van der Waals surface area contributed by atoms with E-state index in [4.69, 9.17) is 0 Å². The predicted octanol–water partition coefficient (Wildman–Crippen LogP) is 2.44. The Hall–Kier alpha value is -0.900. The van der Waals surface area contributed by atoms with Crippen molar-refractivity contribution in [2.24, 2.45) is 0 Å². The number of aromatic nitrogens is 1. The van der Waals surface area contributed by atoms with E-state index in [1.165, 1.54) is 19.3 Å². The summed E-state index contributed by atoms with van der Waals surface area (Å²) in [6.45, 7) is 1.97. The molecule has 1 N–H and O–H groups in total. The molecule has 0 aromatic carbocycles. The Morgan fingerprint density at radius 3 is 2.88 bits per heavy atom. The highest BCUT2D eigenvalue weighted by Crippen LogP contribution is 2.18. The summed E-state index contributed by atoms with van der Waals surface area (Å²) in [5.74, 6) is 0.149. The van der Waals surface area contributed by atoms with E-state index in [0.29, 0.717) is 12.5 Å². The zero-order valence-corrected chi connectivity index (χ0v) is 10.5. The Balaban J connectivity index is 1.79. The van der Waals surface area contributed by atoms with Crippen LogP contribution in [0, 0.1) is 6.92 Å². The highest BCUT2D eigenvalue weighted by Gasteiger charge is 2.16. The fourth-order valence-electron chi connectivity index (χ4n) is 2.17. The first-order chi connectivity index (χ1) is 7.74. The molecule has 1 fully saturated rings. The van der Waals surface area contributed by atoms with Gasteiger partial charge in [0.15, 0.2) is 0 Å². The molecule has 4 heteroatoms. The maximum atomic E-state index is 11.8. The number of nitrogens with zero attached hydrogens (tertiary/aromatic N) is 1. The zero-order chi connectivity index (χ0) is 11.4. The third-order valence-electron chi connectivity index (χ3n) is 2.97. The van der Waals surface area contributed by atoms with Crippen LogP contribution in [-0.2, 0) is 11.2 Å². The first kappa shape index (κ1) is 11.6. The number of hydrogen-bond acceptors (Lipinski definition) is 3. The first-order valence-electron chi connectivity index (χ1n) is 5.95. The minimum Gasteiger partial charge on any atom is -0.353 e. The van der Waals surface area contributed by atoms with Crippen molar-refractivity contribution in [1.82, 2.24) is 10.3 Å². The number of carbonyl (C=O) groups excluding carboxylic acids is 1. The van der Waals surface area contributed by atoms with Gasteiger partial charge in [-0.3, -0.25) is 4.79 Å². The van der Waals surface area contributed by atoms with Crippen molar-refractivity contribution in [2.75, 3.05) is 0 Å². The van der Waals surface area contributed by atoms with Crippen LogP contribution in [0.4, 0.5) is 0 Å². The predicted molar refractivity (Wildman–Crippen MR) is 65.6 cm³/mol. The largest absolute Gasteiger partial charge is 0.353 e. The van der Waals surface area contributed by atoms with Crippen LogP contribution in [0.15, 0.2) is 6.20 Å². The molecular weight excluding hydrogens is 220 g/mol. The second kappa shape index (κ2) is 5.43. The Bertz CT molecular complexity index is 356. The highest BCUT2D eigenvalue weighted by atomic mass is 32.1. The third-order valence-corrected chi connectivity index (χ3v) is 3.89. The molecule has 0 aliphatic heterocycles. The molecule has 0 spiro atoms. The quantitative estimate of drug-likeness (QED) is 0.879. The van der Waals surface area contributed by atoms with Gasteiger partial charge in [-0.25, -0.2) is 4.98 Å². The van der Waals surface area contributed by atoms with Crippen LogP contribution >= 0.6 is 11.3 Å². The van der Waals surface area contributed by atoms with E-state index in [-0.39, 0.29) is 5.91 Å². The van der Waals surface area contributed by atoms with Gasteiger partial charge in [-0.05, 0) is 19.8 Å². The van der Waals surface area contributed by atoms with Crippen molar-refractivity contribution in [1.29, 1.82) is 0 Å². The molecule has 3 nitrogen and oxygen atoms in total. The molecule has 0 bridgehead atoms. The summed E-state index contributed by atoms with van der Waals surface area (Å²) in [7, 11) is 0. The molecule has 88 valence electrons. The van der Waals surface area contributed by atoms with Crippen LogP contribution in [0.1, 0.15) is 42.0 Å². The number of carbonyl (C=O) groups is 1. The van der Waals surface area contributed by atoms with Crippen molar-refractivity contribution < 1.29 is 4.79 Å². The average molecular weight is 238 g/mol. The lowest BCUT2D eigenvalue weighted by Gasteiger charge is -2.22.